The first-order valence-corrected chi connectivity index (χ1v) is 9.29. The number of likely N-dealkylation sites (tertiary alicyclic amines) is 1. The first-order valence-electron chi connectivity index (χ1n) is 9.29. The molecule has 1 aromatic rings. The van der Waals surface area contributed by atoms with Crippen LogP contribution in [0.3, 0.4) is 0 Å². The largest absolute Gasteiger partial charge is 0.325 e. The van der Waals surface area contributed by atoms with Gasteiger partial charge in [-0.1, -0.05) is 12.5 Å². The normalized spacial score (nSPS) is 20.3. The van der Waals surface area contributed by atoms with E-state index >= 15 is 0 Å². The first kappa shape index (κ1) is 20.7. The number of piperidine rings is 1. The minimum absolute atomic E-state index is 0. The average molecular weight is 381 g/mol. The second-order valence-corrected chi connectivity index (χ2v) is 7.05. The van der Waals surface area contributed by atoms with Gasteiger partial charge in [-0.15, -0.1) is 12.4 Å². The Morgan fingerprint density at radius 2 is 1.92 bits per heavy atom. The number of carbonyl (C=O) groups excluding carboxylic acids is 2. The second-order valence-electron chi connectivity index (χ2n) is 7.05. The highest BCUT2D eigenvalue weighted by atomic mass is 35.5. The number of hydrogen-bond donors (Lipinski definition) is 3. The van der Waals surface area contributed by atoms with Gasteiger partial charge in [-0.25, -0.2) is 0 Å². The fraction of sp³-hybridized carbons (Fsp3) is 0.579. The highest BCUT2D eigenvalue weighted by Crippen LogP contribution is 2.21. The molecule has 6 nitrogen and oxygen atoms in total. The van der Waals surface area contributed by atoms with Crippen LogP contribution in [-0.4, -0.2) is 48.9 Å². The van der Waals surface area contributed by atoms with Crippen LogP contribution in [0.4, 0.5) is 11.4 Å². The van der Waals surface area contributed by atoms with Crippen molar-refractivity contribution in [3.8, 4) is 0 Å². The van der Waals surface area contributed by atoms with Gasteiger partial charge in [0.25, 0.3) is 0 Å². The number of aryl methyl sites for hydroxylation is 1. The molecule has 144 valence electrons. The number of rotatable bonds is 5. The molecule has 1 atom stereocenters. The summed E-state index contributed by atoms with van der Waals surface area (Å²) in [7, 11) is 0. The Hall–Kier alpha value is -1.63. The average Bonchev–Trinajstić information content (AvgIpc) is 3.13. The zero-order valence-corrected chi connectivity index (χ0v) is 16.2. The summed E-state index contributed by atoms with van der Waals surface area (Å²) in [6.07, 6.45) is 5.50. The molecular formula is C19H29ClN4O2. The molecule has 2 aliphatic rings. The number of anilines is 2. The topological polar surface area (TPSA) is 73.5 Å². The third kappa shape index (κ3) is 5.69. The van der Waals surface area contributed by atoms with Crippen LogP contribution in [0.5, 0.6) is 0 Å². The van der Waals surface area contributed by atoms with E-state index in [9.17, 15) is 9.59 Å². The van der Waals surface area contributed by atoms with Crippen LogP contribution in [0, 0.1) is 6.92 Å². The molecule has 0 saturated carbocycles. The van der Waals surface area contributed by atoms with Crippen LogP contribution in [-0.2, 0) is 9.59 Å². The minimum atomic E-state index is -0.113. The van der Waals surface area contributed by atoms with Crippen LogP contribution < -0.4 is 16.0 Å². The van der Waals surface area contributed by atoms with E-state index in [0.29, 0.717) is 6.54 Å². The summed E-state index contributed by atoms with van der Waals surface area (Å²) in [4.78, 5) is 26.8. The maximum atomic E-state index is 12.3. The van der Waals surface area contributed by atoms with Gasteiger partial charge in [0.1, 0.15) is 0 Å². The minimum Gasteiger partial charge on any atom is -0.325 e. The number of carbonyl (C=O) groups is 2. The maximum absolute atomic E-state index is 12.3. The zero-order chi connectivity index (χ0) is 17.6. The lowest BCUT2D eigenvalue weighted by Gasteiger charge is -2.25. The molecular weight excluding hydrogens is 352 g/mol. The number of hydrogen-bond acceptors (Lipinski definition) is 4. The number of benzene rings is 1. The molecule has 26 heavy (non-hydrogen) atoms. The predicted octanol–water partition coefficient (Wildman–Crippen LogP) is 2.53. The smallest absolute Gasteiger partial charge is 0.241 e. The highest BCUT2D eigenvalue weighted by molar-refractivity contribution is 5.97. The molecule has 2 heterocycles. The molecule has 0 aliphatic carbocycles. The Kier molecular flexibility index (Phi) is 7.87. The summed E-state index contributed by atoms with van der Waals surface area (Å²) >= 11 is 0. The van der Waals surface area contributed by atoms with Gasteiger partial charge in [0.05, 0.1) is 12.6 Å². The Morgan fingerprint density at radius 1 is 1.15 bits per heavy atom. The summed E-state index contributed by atoms with van der Waals surface area (Å²) in [6.45, 7) is 5.28. The lowest BCUT2D eigenvalue weighted by atomic mass is 10.1. The number of nitrogens with zero attached hydrogens (tertiary/aromatic N) is 1. The van der Waals surface area contributed by atoms with Crippen molar-refractivity contribution in [1.29, 1.82) is 0 Å². The van der Waals surface area contributed by atoms with Crippen molar-refractivity contribution >= 4 is 35.6 Å². The molecule has 1 aromatic carbocycles. The molecule has 2 fully saturated rings. The quantitative estimate of drug-likeness (QED) is 0.733. The van der Waals surface area contributed by atoms with E-state index in [1.165, 1.54) is 19.3 Å². The van der Waals surface area contributed by atoms with Gasteiger partial charge in [-0.05, 0) is 69.9 Å². The third-order valence-corrected chi connectivity index (χ3v) is 4.97. The molecule has 3 rings (SSSR count). The van der Waals surface area contributed by atoms with Crippen molar-refractivity contribution in [2.24, 2.45) is 0 Å². The fourth-order valence-corrected chi connectivity index (χ4v) is 3.48. The SMILES string of the molecule is Cc1ccc(NC(=O)C2CCCN2)cc1NC(=O)CN1CCCCC1.Cl. The van der Waals surface area contributed by atoms with E-state index in [1.807, 2.05) is 25.1 Å². The van der Waals surface area contributed by atoms with E-state index in [2.05, 4.69) is 20.9 Å². The van der Waals surface area contributed by atoms with Gasteiger partial charge >= 0.3 is 0 Å². The number of amides is 2. The molecule has 0 aromatic heterocycles. The van der Waals surface area contributed by atoms with E-state index in [-0.39, 0.29) is 30.3 Å². The van der Waals surface area contributed by atoms with Gasteiger partial charge < -0.3 is 16.0 Å². The van der Waals surface area contributed by atoms with Crippen LogP contribution in [0.1, 0.15) is 37.7 Å². The molecule has 0 radical (unpaired) electrons. The molecule has 0 spiro atoms. The van der Waals surface area contributed by atoms with Crippen molar-refractivity contribution in [2.45, 2.75) is 45.1 Å². The van der Waals surface area contributed by atoms with Crippen molar-refractivity contribution in [1.82, 2.24) is 10.2 Å². The lowest BCUT2D eigenvalue weighted by Crippen LogP contribution is -2.37. The molecule has 2 amide bonds. The molecule has 3 N–H and O–H groups in total. The Morgan fingerprint density at radius 3 is 2.62 bits per heavy atom. The van der Waals surface area contributed by atoms with E-state index in [0.717, 1.165) is 49.4 Å². The van der Waals surface area contributed by atoms with Gasteiger partial charge in [-0.2, -0.15) is 0 Å². The summed E-state index contributed by atoms with van der Waals surface area (Å²) in [6, 6.07) is 5.53. The first-order chi connectivity index (χ1) is 12.1. The summed E-state index contributed by atoms with van der Waals surface area (Å²) in [5.74, 6) is -0.00196. The maximum Gasteiger partial charge on any atom is 0.241 e. The van der Waals surface area contributed by atoms with Crippen LogP contribution in [0.2, 0.25) is 0 Å². The fourth-order valence-electron chi connectivity index (χ4n) is 3.48. The van der Waals surface area contributed by atoms with Gasteiger partial charge in [0.2, 0.25) is 11.8 Å². The predicted molar refractivity (Wildman–Crippen MR) is 107 cm³/mol. The van der Waals surface area contributed by atoms with E-state index in [4.69, 9.17) is 0 Å². The summed E-state index contributed by atoms with van der Waals surface area (Å²) < 4.78 is 0. The zero-order valence-electron chi connectivity index (χ0n) is 15.3. The Bertz CT molecular complexity index is 626. The Balaban J connectivity index is 0.00000243. The van der Waals surface area contributed by atoms with E-state index in [1.54, 1.807) is 0 Å². The summed E-state index contributed by atoms with van der Waals surface area (Å²) in [5.41, 5.74) is 2.47. The number of halogens is 1. The van der Waals surface area contributed by atoms with Gasteiger partial charge in [0, 0.05) is 11.4 Å². The van der Waals surface area contributed by atoms with Crippen molar-refractivity contribution in [2.75, 3.05) is 36.8 Å². The van der Waals surface area contributed by atoms with Gasteiger partial charge in [-0.3, -0.25) is 14.5 Å². The van der Waals surface area contributed by atoms with Crippen molar-refractivity contribution in [3.63, 3.8) is 0 Å². The molecule has 0 bridgehead atoms. The van der Waals surface area contributed by atoms with Crippen LogP contribution >= 0.6 is 12.4 Å². The van der Waals surface area contributed by atoms with Crippen molar-refractivity contribution in [3.05, 3.63) is 23.8 Å². The highest BCUT2D eigenvalue weighted by Gasteiger charge is 2.22. The lowest BCUT2D eigenvalue weighted by molar-refractivity contribution is -0.118. The monoisotopic (exact) mass is 380 g/mol. The van der Waals surface area contributed by atoms with Crippen LogP contribution in [0.25, 0.3) is 0 Å². The standard InChI is InChI=1S/C19H28N4O2.ClH/c1-14-7-8-15(21-19(25)16-6-5-9-20-16)12-17(14)22-18(24)13-23-10-3-2-4-11-23;/h7-8,12,16,20H,2-6,9-11,13H2,1H3,(H,21,25)(H,22,24);1H. The molecule has 7 heteroatoms. The van der Waals surface area contributed by atoms with Crippen LogP contribution in [0.15, 0.2) is 18.2 Å². The Labute approximate surface area is 161 Å². The molecule has 2 aliphatic heterocycles. The molecule has 2 saturated heterocycles. The van der Waals surface area contributed by atoms with Gasteiger partial charge in [0.15, 0.2) is 0 Å². The van der Waals surface area contributed by atoms with E-state index < -0.39 is 0 Å². The second kappa shape index (κ2) is 9.90. The third-order valence-electron chi connectivity index (χ3n) is 4.97. The van der Waals surface area contributed by atoms with Crippen molar-refractivity contribution < 1.29 is 9.59 Å². The number of nitrogens with one attached hydrogen (secondary N) is 3. The molecule has 1 unspecified atom stereocenters. The summed E-state index contributed by atoms with van der Waals surface area (Å²) in [5, 5.41) is 9.13.